The predicted molar refractivity (Wildman–Crippen MR) is 101 cm³/mol. The first-order chi connectivity index (χ1) is 12.1. The van der Waals surface area contributed by atoms with Gasteiger partial charge in [0.05, 0.1) is 5.69 Å². The van der Waals surface area contributed by atoms with Crippen molar-refractivity contribution < 1.29 is 0 Å². The predicted octanol–water partition coefficient (Wildman–Crippen LogP) is 3.59. The van der Waals surface area contributed by atoms with Gasteiger partial charge in [-0.25, -0.2) is 4.98 Å². The molecule has 0 atom stereocenters. The number of aromatic nitrogens is 3. The molecule has 0 bridgehead atoms. The first-order valence-electron chi connectivity index (χ1n) is 8.94. The molecule has 4 heterocycles. The van der Waals surface area contributed by atoms with E-state index >= 15 is 0 Å². The molecule has 0 amide bonds. The Morgan fingerprint density at radius 2 is 2.08 bits per heavy atom. The van der Waals surface area contributed by atoms with Gasteiger partial charge in [-0.05, 0) is 49.7 Å². The average molecular weight is 330 g/mol. The third-order valence-corrected chi connectivity index (χ3v) is 5.46. The summed E-state index contributed by atoms with van der Waals surface area (Å²) in [5.74, 6) is 0. The molecule has 0 aromatic carbocycles. The highest BCUT2D eigenvalue weighted by atomic mass is 15.1. The molecule has 5 rings (SSSR count). The van der Waals surface area contributed by atoms with Crippen molar-refractivity contribution in [3.05, 3.63) is 58.2 Å². The number of fused-ring (bicyclic) bond motifs is 4. The third kappa shape index (κ3) is 2.24. The van der Waals surface area contributed by atoms with Crippen LogP contribution in [0.4, 0.5) is 0 Å². The molecule has 0 fully saturated rings. The number of rotatable bonds is 1. The van der Waals surface area contributed by atoms with Crippen LogP contribution < -0.4 is 0 Å². The van der Waals surface area contributed by atoms with Crippen LogP contribution in [0.1, 0.15) is 33.8 Å². The van der Waals surface area contributed by atoms with E-state index in [1.165, 1.54) is 39.0 Å². The number of pyridine rings is 2. The topological polar surface area (TPSA) is 34.0 Å². The Kier molecular flexibility index (Phi) is 3.13. The molecule has 25 heavy (non-hydrogen) atoms. The van der Waals surface area contributed by atoms with Crippen molar-refractivity contribution in [2.45, 2.75) is 33.2 Å². The van der Waals surface area contributed by atoms with Gasteiger partial charge in [0, 0.05) is 60.7 Å². The molecule has 0 radical (unpaired) electrons. The second kappa shape index (κ2) is 5.27. The summed E-state index contributed by atoms with van der Waals surface area (Å²) in [6.45, 7) is 6.28. The summed E-state index contributed by atoms with van der Waals surface area (Å²) in [6.07, 6.45) is 6.31. The normalized spacial score (nSPS) is 18.3. The van der Waals surface area contributed by atoms with Crippen LogP contribution >= 0.6 is 0 Å². The molecule has 1 aliphatic carbocycles. The Morgan fingerprint density at radius 1 is 1.20 bits per heavy atom. The van der Waals surface area contributed by atoms with Crippen molar-refractivity contribution in [3.63, 3.8) is 0 Å². The Labute approximate surface area is 147 Å². The van der Waals surface area contributed by atoms with Gasteiger partial charge in [0.1, 0.15) is 5.65 Å². The van der Waals surface area contributed by atoms with Gasteiger partial charge in [-0.15, -0.1) is 0 Å². The zero-order valence-electron chi connectivity index (χ0n) is 15.0. The number of hydrogen-bond acceptors (Lipinski definition) is 3. The van der Waals surface area contributed by atoms with Crippen LogP contribution in [0.2, 0.25) is 0 Å². The Balaban J connectivity index is 1.69. The summed E-state index contributed by atoms with van der Waals surface area (Å²) in [7, 11) is 2.20. The van der Waals surface area contributed by atoms with Gasteiger partial charge in [-0.3, -0.25) is 4.98 Å². The van der Waals surface area contributed by atoms with Crippen LogP contribution in [0.15, 0.2) is 24.4 Å². The lowest BCUT2D eigenvalue weighted by Gasteiger charge is -2.25. The number of aryl methyl sites for hydroxylation is 2. The maximum Gasteiger partial charge on any atom is 0.144 e. The summed E-state index contributed by atoms with van der Waals surface area (Å²) in [5, 5.41) is 1.31. The molecular weight excluding hydrogens is 308 g/mol. The summed E-state index contributed by atoms with van der Waals surface area (Å²) in [4.78, 5) is 11.8. The molecule has 0 spiro atoms. The van der Waals surface area contributed by atoms with Gasteiger partial charge in [-0.1, -0.05) is 6.07 Å². The van der Waals surface area contributed by atoms with Gasteiger partial charge in [-0.2, -0.15) is 0 Å². The molecule has 4 nitrogen and oxygen atoms in total. The zero-order valence-corrected chi connectivity index (χ0v) is 15.0. The fraction of sp³-hybridized carbons (Fsp3) is 0.333. The molecule has 1 aliphatic heterocycles. The minimum Gasteiger partial charge on any atom is -0.304 e. The van der Waals surface area contributed by atoms with Gasteiger partial charge >= 0.3 is 0 Å². The molecule has 0 saturated carbocycles. The standard InChI is InChI=1S/C21H22N4/c1-13-8-17-18-12-24(3)7-6-20(18)25(21(17)22-10-13)11-15-9-19-16(15)5-4-14(2)23-19/h4-5,8,10-11H,6-7,9,12H2,1-3H3. The lowest BCUT2D eigenvalue weighted by molar-refractivity contribution is 0.312. The van der Waals surface area contributed by atoms with Crippen molar-refractivity contribution in [1.82, 2.24) is 19.4 Å². The van der Waals surface area contributed by atoms with Crippen LogP contribution in [0.25, 0.3) is 22.8 Å². The Morgan fingerprint density at radius 3 is 2.92 bits per heavy atom. The summed E-state index contributed by atoms with van der Waals surface area (Å²) in [6, 6.07) is 6.59. The number of nitrogens with zero attached hydrogens (tertiary/aromatic N) is 4. The van der Waals surface area contributed by atoms with E-state index in [0.717, 1.165) is 37.3 Å². The molecule has 0 saturated heterocycles. The summed E-state index contributed by atoms with van der Waals surface area (Å²) >= 11 is 0. The van der Waals surface area contributed by atoms with E-state index in [1.54, 1.807) is 0 Å². The highest BCUT2D eigenvalue weighted by molar-refractivity contribution is 5.91. The second-order valence-electron chi connectivity index (χ2n) is 7.44. The first-order valence-corrected chi connectivity index (χ1v) is 8.94. The van der Waals surface area contributed by atoms with Crippen molar-refractivity contribution in [1.29, 1.82) is 0 Å². The highest BCUT2D eigenvalue weighted by Crippen LogP contribution is 2.36. The van der Waals surface area contributed by atoms with E-state index in [1.807, 2.05) is 6.20 Å². The van der Waals surface area contributed by atoms with Crippen LogP contribution in [0, 0.1) is 13.8 Å². The van der Waals surface area contributed by atoms with Gasteiger partial charge < -0.3 is 9.47 Å². The molecule has 2 aliphatic rings. The SMILES string of the molecule is Cc1cnc2c(c1)c1c(n2C=C2Cc3nc(C)ccc32)CCN(C)C1. The Hall–Kier alpha value is -2.46. The van der Waals surface area contributed by atoms with Crippen molar-refractivity contribution >= 4 is 22.8 Å². The van der Waals surface area contributed by atoms with E-state index in [-0.39, 0.29) is 0 Å². The number of likely N-dealkylation sites (N-methyl/N-ethyl adjacent to an activating group) is 1. The maximum absolute atomic E-state index is 4.78. The van der Waals surface area contributed by atoms with Crippen molar-refractivity contribution in [2.75, 3.05) is 13.6 Å². The van der Waals surface area contributed by atoms with Crippen molar-refractivity contribution in [2.24, 2.45) is 0 Å². The van der Waals surface area contributed by atoms with E-state index in [0.29, 0.717) is 0 Å². The van der Waals surface area contributed by atoms with Crippen LogP contribution in [0.3, 0.4) is 0 Å². The molecular formula is C21H22N4. The summed E-state index contributed by atoms with van der Waals surface area (Å²) < 4.78 is 2.34. The molecule has 126 valence electrons. The smallest absolute Gasteiger partial charge is 0.144 e. The van der Waals surface area contributed by atoms with Crippen LogP contribution in [-0.4, -0.2) is 33.0 Å². The van der Waals surface area contributed by atoms with Gasteiger partial charge in [0.15, 0.2) is 0 Å². The quantitative estimate of drug-likeness (QED) is 0.684. The second-order valence-corrected chi connectivity index (χ2v) is 7.44. The van der Waals surface area contributed by atoms with Crippen molar-refractivity contribution in [3.8, 4) is 0 Å². The first kappa shape index (κ1) is 14.8. The van der Waals surface area contributed by atoms with E-state index < -0.39 is 0 Å². The van der Waals surface area contributed by atoms with Crippen LogP contribution in [0.5, 0.6) is 0 Å². The van der Waals surface area contributed by atoms with E-state index in [2.05, 4.69) is 59.7 Å². The van der Waals surface area contributed by atoms with Gasteiger partial charge in [0.2, 0.25) is 0 Å². The van der Waals surface area contributed by atoms with E-state index in [4.69, 9.17) is 4.98 Å². The molecule has 0 unspecified atom stereocenters. The minimum atomic E-state index is 0.956. The number of hydrogen-bond donors (Lipinski definition) is 0. The molecule has 0 N–H and O–H groups in total. The molecule has 3 aromatic rings. The maximum atomic E-state index is 4.78. The lowest BCUT2D eigenvalue weighted by atomic mass is 9.88. The molecule has 3 aromatic heterocycles. The largest absolute Gasteiger partial charge is 0.304 e. The highest BCUT2D eigenvalue weighted by Gasteiger charge is 2.25. The van der Waals surface area contributed by atoms with E-state index in [9.17, 15) is 0 Å². The lowest BCUT2D eigenvalue weighted by Crippen LogP contribution is -2.27. The van der Waals surface area contributed by atoms with Crippen LogP contribution in [-0.2, 0) is 19.4 Å². The monoisotopic (exact) mass is 330 g/mol. The fourth-order valence-electron chi connectivity index (χ4n) is 4.11. The average Bonchev–Trinajstić information content (AvgIpc) is 2.86. The fourth-order valence-corrected chi connectivity index (χ4v) is 4.11. The number of allylic oxidation sites excluding steroid dienone is 1. The molecule has 4 heteroatoms. The van der Waals surface area contributed by atoms with Gasteiger partial charge in [0.25, 0.3) is 0 Å². The third-order valence-electron chi connectivity index (χ3n) is 5.46. The summed E-state index contributed by atoms with van der Waals surface area (Å²) in [5.41, 5.74) is 10.2. The minimum absolute atomic E-state index is 0.956. The zero-order chi connectivity index (χ0) is 17.1. The Bertz CT molecular complexity index is 1040.